The third-order valence-corrected chi connectivity index (χ3v) is 1.60. The van der Waals surface area contributed by atoms with Gasteiger partial charge in [-0.3, -0.25) is 9.59 Å². The van der Waals surface area contributed by atoms with Gasteiger partial charge in [0.15, 0.2) is 0 Å². The summed E-state index contributed by atoms with van der Waals surface area (Å²) >= 11 is 0. The van der Waals surface area contributed by atoms with Crippen LogP contribution in [0.4, 0.5) is 5.88 Å². The lowest BCUT2D eigenvalue weighted by molar-refractivity contribution is 0.0968. The summed E-state index contributed by atoms with van der Waals surface area (Å²) < 4.78 is 4.84. The molecule has 0 aliphatic carbocycles. The summed E-state index contributed by atoms with van der Waals surface area (Å²) in [6, 6.07) is 0. The maximum Gasteiger partial charge on any atom is 0.255 e. The Balaban J connectivity index is 3.47. The lowest BCUT2D eigenvalue weighted by Gasteiger charge is -1.94. The van der Waals surface area contributed by atoms with Gasteiger partial charge in [0.25, 0.3) is 11.8 Å². The molecule has 1 rings (SSSR count). The highest BCUT2D eigenvalue weighted by molar-refractivity contribution is 6.09. The molecule has 0 spiro atoms. The van der Waals surface area contributed by atoms with Crippen molar-refractivity contribution >= 4 is 17.7 Å². The Labute approximate surface area is 73.7 Å². The molecular formula is C7H9N3O3. The van der Waals surface area contributed by atoms with Crippen molar-refractivity contribution in [3.63, 3.8) is 0 Å². The zero-order chi connectivity index (χ0) is 10.2. The number of hydrogen-bond acceptors (Lipinski definition) is 4. The van der Waals surface area contributed by atoms with Gasteiger partial charge >= 0.3 is 0 Å². The van der Waals surface area contributed by atoms with Gasteiger partial charge in [-0.05, 0) is 6.92 Å². The van der Waals surface area contributed by atoms with E-state index in [2.05, 4.69) is 0 Å². The fraction of sp³-hybridized carbons (Fsp3) is 0.143. The lowest BCUT2D eigenvalue weighted by Crippen LogP contribution is -2.20. The Kier molecular flexibility index (Phi) is 1.97. The summed E-state index contributed by atoms with van der Waals surface area (Å²) in [4.78, 5) is 21.7. The number of amides is 2. The first kappa shape index (κ1) is 9.11. The number of rotatable bonds is 2. The number of anilines is 1. The molecule has 0 aliphatic heterocycles. The van der Waals surface area contributed by atoms with Crippen molar-refractivity contribution in [2.24, 2.45) is 11.5 Å². The minimum absolute atomic E-state index is 0.0509. The molecular weight excluding hydrogens is 174 g/mol. The Morgan fingerprint density at radius 1 is 1.15 bits per heavy atom. The maximum absolute atomic E-state index is 10.9. The molecule has 2 amide bonds. The number of nitrogen functional groups attached to an aromatic ring is 1. The average molecular weight is 183 g/mol. The van der Waals surface area contributed by atoms with Crippen LogP contribution in [-0.4, -0.2) is 11.8 Å². The average Bonchev–Trinajstić information content (AvgIpc) is 2.24. The molecule has 0 saturated carbocycles. The molecule has 6 nitrogen and oxygen atoms in total. The Morgan fingerprint density at radius 2 is 1.62 bits per heavy atom. The lowest BCUT2D eigenvalue weighted by atomic mass is 10.1. The molecule has 0 bridgehead atoms. The Hall–Kier alpha value is -1.98. The van der Waals surface area contributed by atoms with Crippen LogP contribution < -0.4 is 17.2 Å². The third kappa shape index (κ3) is 1.33. The zero-order valence-electron chi connectivity index (χ0n) is 6.96. The van der Waals surface area contributed by atoms with Gasteiger partial charge in [0.2, 0.25) is 5.88 Å². The molecule has 0 atom stereocenters. The molecule has 0 unspecified atom stereocenters. The topological polar surface area (TPSA) is 125 Å². The maximum atomic E-state index is 10.9. The fourth-order valence-corrected chi connectivity index (χ4v) is 1.11. The second-order valence-electron chi connectivity index (χ2n) is 2.50. The van der Waals surface area contributed by atoms with Crippen LogP contribution in [0.15, 0.2) is 4.42 Å². The minimum Gasteiger partial charge on any atom is -0.445 e. The number of carbonyl (C=O) groups excluding carboxylic acids is 2. The minimum atomic E-state index is -0.830. The van der Waals surface area contributed by atoms with Crippen LogP contribution in [0.1, 0.15) is 26.5 Å². The first-order valence-electron chi connectivity index (χ1n) is 3.43. The van der Waals surface area contributed by atoms with E-state index in [-0.39, 0.29) is 22.8 Å². The van der Waals surface area contributed by atoms with Crippen LogP contribution in [-0.2, 0) is 0 Å². The third-order valence-electron chi connectivity index (χ3n) is 1.60. The van der Waals surface area contributed by atoms with Gasteiger partial charge in [0.1, 0.15) is 11.3 Å². The second kappa shape index (κ2) is 2.81. The Morgan fingerprint density at radius 3 is 1.92 bits per heavy atom. The highest BCUT2D eigenvalue weighted by atomic mass is 16.4. The SMILES string of the molecule is Cc1oc(N)c(C(N)=O)c1C(N)=O. The van der Waals surface area contributed by atoms with Gasteiger partial charge in [-0.1, -0.05) is 0 Å². The van der Waals surface area contributed by atoms with Crippen LogP contribution in [0.2, 0.25) is 0 Å². The molecule has 0 fully saturated rings. The van der Waals surface area contributed by atoms with Gasteiger partial charge in [-0.25, -0.2) is 0 Å². The van der Waals surface area contributed by atoms with Crippen molar-refractivity contribution in [2.45, 2.75) is 6.92 Å². The molecule has 6 N–H and O–H groups in total. The second-order valence-corrected chi connectivity index (χ2v) is 2.50. The van der Waals surface area contributed by atoms with E-state index < -0.39 is 11.8 Å². The van der Waals surface area contributed by atoms with Gasteiger partial charge < -0.3 is 21.6 Å². The van der Waals surface area contributed by atoms with Gasteiger partial charge in [0, 0.05) is 0 Å². The van der Waals surface area contributed by atoms with Gasteiger partial charge in [-0.15, -0.1) is 0 Å². The summed E-state index contributed by atoms with van der Waals surface area (Å²) in [6.07, 6.45) is 0. The van der Waals surface area contributed by atoms with E-state index in [0.29, 0.717) is 0 Å². The largest absolute Gasteiger partial charge is 0.445 e. The number of furan rings is 1. The number of aryl methyl sites for hydroxylation is 1. The summed E-state index contributed by atoms with van der Waals surface area (Å²) in [5.74, 6) is -1.60. The van der Waals surface area contributed by atoms with Crippen molar-refractivity contribution in [3.05, 3.63) is 16.9 Å². The standard InChI is InChI=1S/C7H9N3O3/c1-2-3(5(8)11)4(6(9)12)7(10)13-2/h10H2,1H3,(H2,8,11)(H2,9,12). The van der Waals surface area contributed by atoms with Crippen molar-refractivity contribution < 1.29 is 14.0 Å². The number of nitrogens with two attached hydrogens (primary N) is 3. The molecule has 1 aromatic rings. The van der Waals surface area contributed by atoms with E-state index in [1.807, 2.05) is 0 Å². The van der Waals surface area contributed by atoms with Crippen LogP contribution in [0.3, 0.4) is 0 Å². The van der Waals surface area contributed by atoms with Crippen LogP contribution >= 0.6 is 0 Å². The highest BCUT2D eigenvalue weighted by Crippen LogP contribution is 2.23. The van der Waals surface area contributed by atoms with Crippen LogP contribution in [0.5, 0.6) is 0 Å². The molecule has 1 aromatic heterocycles. The molecule has 1 heterocycles. The quantitative estimate of drug-likeness (QED) is 0.564. The van der Waals surface area contributed by atoms with Gasteiger partial charge in [-0.2, -0.15) is 0 Å². The van der Waals surface area contributed by atoms with E-state index in [0.717, 1.165) is 0 Å². The van der Waals surface area contributed by atoms with E-state index in [9.17, 15) is 9.59 Å². The normalized spacial score (nSPS) is 9.92. The molecule has 13 heavy (non-hydrogen) atoms. The first-order chi connectivity index (χ1) is 5.95. The predicted octanol–water partition coefficient (Wildman–Crippen LogP) is -0.632. The predicted molar refractivity (Wildman–Crippen MR) is 44.9 cm³/mol. The number of primary amides is 2. The molecule has 0 aliphatic rings. The number of hydrogen-bond donors (Lipinski definition) is 3. The molecule has 6 heteroatoms. The van der Waals surface area contributed by atoms with E-state index >= 15 is 0 Å². The monoisotopic (exact) mass is 183 g/mol. The smallest absolute Gasteiger partial charge is 0.255 e. The number of carbonyl (C=O) groups is 2. The van der Waals surface area contributed by atoms with E-state index in [1.54, 1.807) is 0 Å². The van der Waals surface area contributed by atoms with Gasteiger partial charge in [0.05, 0.1) is 5.56 Å². The molecule has 0 saturated heterocycles. The van der Waals surface area contributed by atoms with Crippen molar-refractivity contribution in [1.82, 2.24) is 0 Å². The van der Waals surface area contributed by atoms with Crippen molar-refractivity contribution in [1.29, 1.82) is 0 Å². The molecule has 0 radical (unpaired) electrons. The van der Waals surface area contributed by atoms with E-state index in [4.69, 9.17) is 21.6 Å². The Bertz CT molecular complexity index is 346. The van der Waals surface area contributed by atoms with Crippen LogP contribution in [0.25, 0.3) is 0 Å². The molecule has 70 valence electrons. The highest BCUT2D eigenvalue weighted by Gasteiger charge is 2.23. The van der Waals surface area contributed by atoms with Crippen molar-refractivity contribution in [2.75, 3.05) is 5.73 Å². The fourth-order valence-electron chi connectivity index (χ4n) is 1.11. The molecule has 0 aromatic carbocycles. The summed E-state index contributed by atoms with van der Waals surface area (Å²) in [5, 5.41) is 0. The van der Waals surface area contributed by atoms with E-state index in [1.165, 1.54) is 6.92 Å². The summed E-state index contributed by atoms with van der Waals surface area (Å²) in [6.45, 7) is 1.48. The zero-order valence-corrected chi connectivity index (χ0v) is 6.96. The first-order valence-corrected chi connectivity index (χ1v) is 3.43. The summed E-state index contributed by atoms with van der Waals surface area (Å²) in [5.41, 5.74) is 15.1. The summed E-state index contributed by atoms with van der Waals surface area (Å²) in [7, 11) is 0. The van der Waals surface area contributed by atoms with Crippen molar-refractivity contribution in [3.8, 4) is 0 Å². The van der Waals surface area contributed by atoms with Crippen LogP contribution in [0, 0.1) is 6.92 Å².